The quantitative estimate of drug-likeness (QED) is 0.561. The molecule has 2 N–H and O–H groups in total. The maximum atomic E-state index is 12.6. The van der Waals surface area contributed by atoms with Gasteiger partial charge in [-0.05, 0) is 36.8 Å². The minimum absolute atomic E-state index is 0.0234. The Hall–Kier alpha value is -3.44. The van der Waals surface area contributed by atoms with E-state index in [4.69, 9.17) is 10.00 Å². The number of carbonyl (C=O) groups is 1. The average Bonchev–Trinajstić information content (AvgIpc) is 3.26. The van der Waals surface area contributed by atoms with Crippen LogP contribution in [0.4, 0.5) is 11.4 Å². The number of fused-ring (bicyclic) bond motifs is 3. The number of hydrogen-bond donors (Lipinski definition) is 2. The standard InChI is InChI=1S/C23H24N4O4/c1-23(2,13-25-22(28)15-5-3-14(12-24)4-6-15)21-17-9-10-31-20(17)18-11-16(27(29)30)7-8-19(18)26-21/h3-8,11,17,20-21,26H,9-10,13H2,1-2H3,(H,25,28). The normalized spacial score (nSPS) is 21.9. The molecular weight excluding hydrogens is 396 g/mol. The number of ether oxygens (including phenoxy) is 1. The van der Waals surface area contributed by atoms with Gasteiger partial charge in [0.2, 0.25) is 0 Å². The molecule has 4 rings (SSSR count). The second-order valence-corrected chi connectivity index (χ2v) is 8.76. The lowest BCUT2D eigenvalue weighted by Gasteiger charge is -2.44. The summed E-state index contributed by atoms with van der Waals surface area (Å²) in [7, 11) is 0. The molecule has 0 aromatic heterocycles. The molecule has 2 aliphatic heterocycles. The molecule has 1 saturated heterocycles. The van der Waals surface area contributed by atoms with Crippen LogP contribution in [-0.4, -0.2) is 30.0 Å². The first-order valence-corrected chi connectivity index (χ1v) is 10.2. The van der Waals surface area contributed by atoms with Gasteiger partial charge in [0.1, 0.15) is 0 Å². The van der Waals surface area contributed by atoms with Gasteiger partial charge in [0.05, 0.1) is 22.7 Å². The van der Waals surface area contributed by atoms with Crippen molar-refractivity contribution in [3.63, 3.8) is 0 Å². The summed E-state index contributed by atoms with van der Waals surface area (Å²) in [6.07, 6.45) is 0.645. The fourth-order valence-corrected chi connectivity index (χ4v) is 4.56. The zero-order chi connectivity index (χ0) is 22.2. The third-order valence-corrected chi connectivity index (χ3v) is 6.25. The van der Waals surface area contributed by atoms with E-state index in [9.17, 15) is 14.9 Å². The van der Waals surface area contributed by atoms with Gasteiger partial charge in [-0.15, -0.1) is 0 Å². The van der Waals surface area contributed by atoms with Gasteiger partial charge < -0.3 is 15.4 Å². The highest BCUT2D eigenvalue weighted by molar-refractivity contribution is 5.94. The Bertz CT molecular complexity index is 1060. The fourth-order valence-electron chi connectivity index (χ4n) is 4.56. The first kappa shape index (κ1) is 20.8. The van der Waals surface area contributed by atoms with Gasteiger partial charge in [0, 0.05) is 59.5 Å². The lowest BCUT2D eigenvalue weighted by Crippen LogP contribution is -2.51. The Balaban J connectivity index is 1.51. The van der Waals surface area contributed by atoms with Crippen LogP contribution < -0.4 is 10.6 Å². The van der Waals surface area contributed by atoms with Gasteiger partial charge in [-0.25, -0.2) is 0 Å². The molecule has 1 amide bonds. The highest BCUT2D eigenvalue weighted by Gasteiger charge is 2.47. The van der Waals surface area contributed by atoms with Crippen LogP contribution in [0.1, 0.15) is 47.9 Å². The Labute approximate surface area is 180 Å². The van der Waals surface area contributed by atoms with E-state index in [0.717, 1.165) is 17.7 Å². The zero-order valence-electron chi connectivity index (χ0n) is 17.4. The number of anilines is 1. The van der Waals surface area contributed by atoms with Gasteiger partial charge in [0.15, 0.2) is 0 Å². The molecule has 3 atom stereocenters. The monoisotopic (exact) mass is 420 g/mol. The van der Waals surface area contributed by atoms with Crippen LogP contribution in [0.3, 0.4) is 0 Å². The number of nitrogens with one attached hydrogen (secondary N) is 2. The number of carbonyl (C=O) groups excluding carboxylic acids is 1. The second kappa shape index (κ2) is 8.00. The smallest absolute Gasteiger partial charge is 0.269 e. The lowest BCUT2D eigenvalue weighted by atomic mass is 9.71. The molecular formula is C23H24N4O4. The minimum atomic E-state index is -0.390. The Kier molecular flexibility index (Phi) is 5.38. The SMILES string of the molecule is CC(C)(CNC(=O)c1ccc(C#N)cc1)C1Nc2ccc([N+](=O)[O-])cc2C2OCCC21. The summed E-state index contributed by atoms with van der Waals surface area (Å²) in [6, 6.07) is 13.4. The van der Waals surface area contributed by atoms with Crippen LogP contribution in [0, 0.1) is 32.8 Å². The van der Waals surface area contributed by atoms with Crippen LogP contribution in [-0.2, 0) is 4.74 Å². The number of nitrogens with zero attached hydrogens (tertiary/aromatic N) is 2. The van der Waals surface area contributed by atoms with E-state index in [0.29, 0.717) is 24.3 Å². The Morgan fingerprint density at radius 3 is 2.74 bits per heavy atom. The fraction of sp³-hybridized carbons (Fsp3) is 0.391. The molecule has 8 nitrogen and oxygen atoms in total. The number of nitro benzene ring substituents is 1. The van der Waals surface area contributed by atoms with Gasteiger partial charge in [0.25, 0.3) is 11.6 Å². The van der Waals surface area contributed by atoms with Crippen molar-refractivity contribution in [2.24, 2.45) is 11.3 Å². The van der Waals surface area contributed by atoms with E-state index in [1.54, 1.807) is 36.4 Å². The van der Waals surface area contributed by atoms with Crippen molar-refractivity contribution < 1.29 is 14.5 Å². The number of amides is 1. The molecule has 2 heterocycles. The number of nitro groups is 1. The molecule has 0 bridgehead atoms. The zero-order valence-corrected chi connectivity index (χ0v) is 17.4. The van der Waals surface area contributed by atoms with Crippen molar-refractivity contribution >= 4 is 17.3 Å². The largest absolute Gasteiger partial charge is 0.381 e. The maximum absolute atomic E-state index is 12.6. The Morgan fingerprint density at radius 1 is 1.32 bits per heavy atom. The van der Waals surface area contributed by atoms with Crippen molar-refractivity contribution in [2.45, 2.75) is 32.4 Å². The summed E-state index contributed by atoms with van der Waals surface area (Å²) in [4.78, 5) is 23.4. The van der Waals surface area contributed by atoms with E-state index in [-0.39, 0.29) is 40.0 Å². The van der Waals surface area contributed by atoms with Crippen LogP contribution in [0.5, 0.6) is 0 Å². The van der Waals surface area contributed by atoms with E-state index in [1.807, 2.05) is 6.07 Å². The van der Waals surface area contributed by atoms with Gasteiger partial charge in [-0.3, -0.25) is 14.9 Å². The van der Waals surface area contributed by atoms with E-state index < -0.39 is 0 Å². The van der Waals surface area contributed by atoms with E-state index >= 15 is 0 Å². The summed E-state index contributed by atoms with van der Waals surface area (Å²) in [5.41, 5.74) is 2.43. The van der Waals surface area contributed by atoms with E-state index in [2.05, 4.69) is 24.5 Å². The van der Waals surface area contributed by atoms with Crippen LogP contribution in [0.15, 0.2) is 42.5 Å². The lowest BCUT2D eigenvalue weighted by molar-refractivity contribution is -0.385. The van der Waals surface area contributed by atoms with Crippen molar-refractivity contribution in [1.29, 1.82) is 5.26 Å². The van der Waals surface area contributed by atoms with Crippen molar-refractivity contribution in [3.05, 3.63) is 69.3 Å². The summed E-state index contributed by atoms with van der Waals surface area (Å²) in [6.45, 7) is 5.23. The van der Waals surface area contributed by atoms with Crippen molar-refractivity contribution in [1.82, 2.24) is 5.32 Å². The first-order chi connectivity index (χ1) is 14.8. The third-order valence-electron chi connectivity index (χ3n) is 6.25. The molecule has 160 valence electrons. The molecule has 0 aliphatic carbocycles. The molecule has 1 fully saturated rings. The van der Waals surface area contributed by atoms with Crippen molar-refractivity contribution in [2.75, 3.05) is 18.5 Å². The maximum Gasteiger partial charge on any atom is 0.269 e. The van der Waals surface area contributed by atoms with Crippen molar-refractivity contribution in [3.8, 4) is 6.07 Å². The third kappa shape index (κ3) is 3.97. The predicted octanol–water partition coefficient (Wildman–Crippen LogP) is 3.79. The molecule has 31 heavy (non-hydrogen) atoms. The van der Waals surface area contributed by atoms with E-state index in [1.165, 1.54) is 6.07 Å². The first-order valence-electron chi connectivity index (χ1n) is 10.2. The number of hydrogen-bond acceptors (Lipinski definition) is 6. The van der Waals surface area contributed by atoms with Crippen LogP contribution >= 0.6 is 0 Å². The number of nitriles is 1. The van der Waals surface area contributed by atoms with Crippen LogP contribution in [0.2, 0.25) is 0 Å². The predicted molar refractivity (Wildman–Crippen MR) is 115 cm³/mol. The summed E-state index contributed by atoms with van der Waals surface area (Å²) in [5, 5.41) is 26.7. The number of rotatable bonds is 5. The molecule has 2 aliphatic rings. The average molecular weight is 420 g/mol. The molecule has 2 aromatic carbocycles. The highest BCUT2D eigenvalue weighted by Crippen LogP contribution is 2.49. The molecule has 2 aromatic rings. The number of benzene rings is 2. The summed E-state index contributed by atoms with van der Waals surface area (Å²) < 4.78 is 5.98. The molecule has 0 radical (unpaired) electrons. The molecule has 8 heteroatoms. The highest BCUT2D eigenvalue weighted by atomic mass is 16.6. The summed E-state index contributed by atoms with van der Waals surface area (Å²) in [5.74, 6) is -0.0417. The number of non-ortho nitro benzene ring substituents is 1. The molecule has 0 saturated carbocycles. The van der Waals surface area contributed by atoms with Gasteiger partial charge in [-0.1, -0.05) is 13.8 Å². The minimum Gasteiger partial charge on any atom is -0.381 e. The molecule has 0 spiro atoms. The van der Waals surface area contributed by atoms with Crippen LogP contribution in [0.25, 0.3) is 0 Å². The van der Waals surface area contributed by atoms with Gasteiger partial charge in [-0.2, -0.15) is 5.26 Å². The van der Waals surface area contributed by atoms with Gasteiger partial charge >= 0.3 is 0 Å². The molecule has 3 unspecified atom stereocenters. The summed E-state index contributed by atoms with van der Waals surface area (Å²) >= 11 is 0. The Morgan fingerprint density at radius 2 is 2.06 bits per heavy atom. The topological polar surface area (TPSA) is 117 Å². The second-order valence-electron chi connectivity index (χ2n) is 8.76.